The first-order valence-corrected chi connectivity index (χ1v) is 12.8. The summed E-state index contributed by atoms with van der Waals surface area (Å²) in [5, 5.41) is 10.5. The van der Waals surface area contributed by atoms with Gasteiger partial charge in [0.15, 0.2) is 0 Å². The third kappa shape index (κ3) is 5.31. The van der Waals surface area contributed by atoms with Crippen LogP contribution in [0.1, 0.15) is 44.0 Å². The van der Waals surface area contributed by atoms with E-state index >= 15 is 0 Å². The lowest BCUT2D eigenvalue weighted by atomic mass is 9.94. The summed E-state index contributed by atoms with van der Waals surface area (Å²) in [6.07, 6.45) is 8.45. The largest absolute Gasteiger partial charge is 0.477 e. The molecule has 184 valence electrons. The lowest BCUT2D eigenvalue weighted by Crippen LogP contribution is -2.33. The van der Waals surface area contributed by atoms with Crippen molar-refractivity contribution in [3.63, 3.8) is 0 Å². The van der Waals surface area contributed by atoms with E-state index in [1.54, 1.807) is 6.20 Å². The average Bonchev–Trinajstić information content (AvgIpc) is 3.55. The Hall–Kier alpha value is -3.02. The highest BCUT2D eigenvalue weighted by molar-refractivity contribution is 5.91. The highest BCUT2D eigenvalue weighted by atomic mass is 16.5. The minimum atomic E-state index is 0.169. The molecule has 0 saturated carbocycles. The van der Waals surface area contributed by atoms with E-state index in [-0.39, 0.29) is 5.82 Å². The first kappa shape index (κ1) is 23.7. The number of fused-ring (bicyclic) bond motifs is 1. The Balaban J connectivity index is 1.31. The highest BCUT2D eigenvalue weighted by Crippen LogP contribution is 2.30. The summed E-state index contributed by atoms with van der Waals surface area (Å²) in [5.74, 6) is 2.04. The molecule has 2 aliphatic rings. The van der Waals surface area contributed by atoms with Gasteiger partial charge in [0, 0.05) is 48.0 Å². The van der Waals surface area contributed by atoms with E-state index in [9.17, 15) is 5.26 Å². The van der Waals surface area contributed by atoms with Crippen LogP contribution in [-0.2, 0) is 11.3 Å². The molecule has 0 aromatic carbocycles. The van der Waals surface area contributed by atoms with Gasteiger partial charge in [-0.1, -0.05) is 6.92 Å². The van der Waals surface area contributed by atoms with Gasteiger partial charge in [-0.25, -0.2) is 15.0 Å². The molecule has 5 rings (SSSR count). The maximum Gasteiger partial charge on any atom is 0.234 e. The lowest BCUT2D eigenvalue weighted by Gasteiger charge is -2.30. The summed E-state index contributed by atoms with van der Waals surface area (Å²) >= 11 is 0. The topological polar surface area (TPSA) is 89.1 Å². The van der Waals surface area contributed by atoms with Crippen LogP contribution in [0, 0.1) is 30.1 Å². The first-order valence-electron chi connectivity index (χ1n) is 12.8. The molecule has 2 saturated heterocycles. The van der Waals surface area contributed by atoms with Crippen molar-refractivity contribution < 1.29 is 9.47 Å². The molecular formula is C27H34N6O2. The van der Waals surface area contributed by atoms with Crippen LogP contribution in [0.2, 0.25) is 0 Å². The van der Waals surface area contributed by atoms with E-state index in [0.29, 0.717) is 18.4 Å². The molecule has 2 aliphatic heterocycles. The zero-order valence-electron chi connectivity index (χ0n) is 20.7. The smallest absolute Gasteiger partial charge is 0.234 e. The van der Waals surface area contributed by atoms with Crippen molar-refractivity contribution in [3.05, 3.63) is 35.9 Å². The summed E-state index contributed by atoms with van der Waals surface area (Å²) in [5.41, 5.74) is 3.35. The number of likely N-dealkylation sites (tertiary alicyclic amines) is 1. The van der Waals surface area contributed by atoms with Gasteiger partial charge in [0.2, 0.25) is 11.7 Å². The summed E-state index contributed by atoms with van der Waals surface area (Å²) < 4.78 is 13.7. The van der Waals surface area contributed by atoms with Crippen molar-refractivity contribution in [2.24, 2.45) is 11.8 Å². The number of nitriles is 1. The van der Waals surface area contributed by atoms with Crippen molar-refractivity contribution in [1.82, 2.24) is 24.4 Å². The number of nitrogens with zero attached hydrogens (tertiary/aromatic N) is 6. The van der Waals surface area contributed by atoms with Gasteiger partial charge >= 0.3 is 0 Å². The Bertz CT molecular complexity index is 1200. The molecule has 35 heavy (non-hydrogen) atoms. The molecule has 8 heteroatoms. The molecule has 0 bridgehead atoms. The maximum atomic E-state index is 9.57. The van der Waals surface area contributed by atoms with Gasteiger partial charge in [-0.05, 0) is 70.3 Å². The van der Waals surface area contributed by atoms with E-state index < -0.39 is 0 Å². The highest BCUT2D eigenvalue weighted by Gasteiger charge is 2.21. The zero-order valence-corrected chi connectivity index (χ0v) is 20.7. The number of aromatic nitrogens is 4. The summed E-state index contributed by atoms with van der Waals surface area (Å²) in [7, 11) is 0. The third-order valence-corrected chi connectivity index (χ3v) is 7.42. The van der Waals surface area contributed by atoms with Crippen molar-refractivity contribution in [1.29, 1.82) is 5.26 Å². The second-order valence-electron chi connectivity index (χ2n) is 9.80. The van der Waals surface area contributed by atoms with Gasteiger partial charge in [-0.2, -0.15) is 5.26 Å². The van der Waals surface area contributed by atoms with E-state index in [4.69, 9.17) is 9.47 Å². The van der Waals surface area contributed by atoms with Crippen LogP contribution in [0.15, 0.2) is 24.5 Å². The standard InChI is InChI=1S/C27H34N6O2/c1-3-32-9-4-20(5-10-32)8-13-35-27-19(2)14-22(16-29-27)25-23-6-11-33(17-21-7-12-34-18-21)26(23)31-24(15-28)30-25/h6,11,14,16,20-21H,3-5,7-10,12-13,17-18H2,1-2H3. The Morgan fingerprint density at radius 3 is 2.77 bits per heavy atom. The minimum absolute atomic E-state index is 0.169. The van der Waals surface area contributed by atoms with Gasteiger partial charge < -0.3 is 18.9 Å². The molecule has 0 aliphatic carbocycles. The monoisotopic (exact) mass is 474 g/mol. The minimum Gasteiger partial charge on any atom is -0.477 e. The van der Waals surface area contributed by atoms with Gasteiger partial charge in [0.25, 0.3) is 0 Å². The van der Waals surface area contributed by atoms with Crippen molar-refractivity contribution in [2.45, 2.75) is 46.1 Å². The van der Waals surface area contributed by atoms with Gasteiger partial charge in [-0.3, -0.25) is 0 Å². The van der Waals surface area contributed by atoms with Crippen molar-refractivity contribution in [3.8, 4) is 23.2 Å². The van der Waals surface area contributed by atoms with Crippen molar-refractivity contribution in [2.75, 3.05) is 39.5 Å². The Labute approximate surface area is 206 Å². The third-order valence-electron chi connectivity index (χ3n) is 7.42. The van der Waals surface area contributed by atoms with Crippen LogP contribution in [0.4, 0.5) is 0 Å². The van der Waals surface area contributed by atoms with E-state index in [0.717, 1.165) is 72.9 Å². The predicted molar refractivity (Wildman–Crippen MR) is 134 cm³/mol. The quantitative estimate of drug-likeness (QED) is 0.483. The SMILES string of the molecule is CCN1CCC(CCOc2ncc(-c3nc(C#N)nc4c3ccn4CC3CCOC3)cc2C)CC1. The molecule has 0 amide bonds. The molecular weight excluding hydrogens is 440 g/mol. The number of rotatable bonds is 8. The Morgan fingerprint density at radius 2 is 2.06 bits per heavy atom. The second kappa shape index (κ2) is 10.7. The molecule has 5 heterocycles. The Morgan fingerprint density at radius 1 is 1.20 bits per heavy atom. The molecule has 0 N–H and O–H groups in total. The van der Waals surface area contributed by atoms with Crippen molar-refractivity contribution >= 4 is 11.0 Å². The predicted octanol–water partition coefficient (Wildman–Crippen LogP) is 4.21. The van der Waals surface area contributed by atoms with Gasteiger partial charge in [0.05, 0.1) is 18.9 Å². The summed E-state index contributed by atoms with van der Waals surface area (Å²) in [6, 6.07) is 6.20. The van der Waals surface area contributed by atoms with E-state index in [1.165, 1.54) is 25.9 Å². The molecule has 3 aromatic heterocycles. The number of aryl methyl sites for hydroxylation is 1. The average molecular weight is 475 g/mol. The van der Waals surface area contributed by atoms with Crippen LogP contribution in [0.3, 0.4) is 0 Å². The Kier molecular flexibility index (Phi) is 7.26. The number of pyridine rings is 1. The number of hydrogen-bond donors (Lipinski definition) is 0. The molecule has 2 fully saturated rings. The van der Waals surface area contributed by atoms with Crippen LogP contribution in [0.5, 0.6) is 5.88 Å². The fraction of sp³-hybridized carbons (Fsp3) is 0.556. The molecule has 8 nitrogen and oxygen atoms in total. The molecule has 0 radical (unpaired) electrons. The lowest BCUT2D eigenvalue weighted by molar-refractivity contribution is 0.167. The van der Waals surface area contributed by atoms with E-state index in [2.05, 4.69) is 37.4 Å². The normalized spacial score (nSPS) is 19.3. The number of hydrogen-bond acceptors (Lipinski definition) is 7. The van der Waals surface area contributed by atoms with Crippen LogP contribution >= 0.6 is 0 Å². The fourth-order valence-electron chi connectivity index (χ4n) is 5.24. The van der Waals surface area contributed by atoms with Gasteiger partial charge in [0.1, 0.15) is 11.7 Å². The summed E-state index contributed by atoms with van der Waals surface area (Å²) in [4.78, 5) is 16.2. The number of ether oxygens (including phenoxy) is 2. The number of piperidine rings is 1. The molecule has 0 spiro atoms. The fourth-order valence-corrected chi connectivity index (χ4v) is 5.24. The molecule has 1 unspecified atom stereocenters. The first-order chi connectivity index (χ1) is 17.1. The van der Waals surface area contributed by atoms with Crippen LogP contribution in [0.25, 0.3) is 22.3 Å². The molecule has 1 atom stereocenters. The summed E-state index contributed by atoms with van der Waals surface area (Å²) in [6.45, 7) is 10.9. The molecule has 3 aromatic rings. The van der Waals surface area contributed by atoms with Crippen LogP contribution in [-0.4, -0.2) is 63.9 Å². The van der Waals surface area contributed by atoms with E-state index in [1.807, 2.05) is 25.3 Å². The van der Waals surface area contributed by atoms with Crippen LogP contribution < -0.4 is 4.74 Å². The van der Waals surface area contributed by atoms with Gasteiger partial charge in [-0.15, -0.1) is 0 Å². The zero-order chi connectivity index (χ0) is 24.2. The second-order valence-corrected chi connectivity index (χ2v) is 9.80. The maximum absolute atomic E-state index is 9.57.